The summed E-state index contributed by atoms with van der Waals surface area (Å²) in [6, 6.07) is 14.4. The standard InChI is InChI=1S/C23H20F3N5O2/c1-27-12-14-3-5-15(6-4-14)21(32)30-20-10-7-16(13-28-20)31-19-9-8-17(33-2)11-18(19)29-22(31)23(24,25)26/h3-11,13,27H,12H2,1-2H3,(H,28,30,32). The number of anilines is 1. The molecular formula is C23H20F3N5O2. The molecule has 0 bridgehead atoms. The second-order valence-corrected chi connectivity index (χ2v) is 7.21. The quantitative estimate of drug-likeness (QED) is 0.450. The minimum Gasteiger partial charge on any atom is -0.497 e. The number of hydrogen-bond acceptors (Lipinski definition) is 5. The van der Waals surface area contributed by atoms with Crippen LogP contribution >= 0.6 is 0 Å². The van der Waals surface area contributed by atoms with Gasteiger partial charge in [-0.1, -0.05) is 12.1 Å². The molecule has 0 aliphatic rings. The Morgan fingerprint density at radius 2 is 1.85 bits per heavy atom. The van der Waals surface area contributed by atoms with E-state index in [0.29, 0.717) is 17.9 Å². The number of rotatable bonds is 6. The Labute approximate surface area is 187 Å². The van der Waals surface area contributed by atoms with E-state index in [4.69, 9.17) is 4.74 Å². The number of halogens is 3. The molecule has 4 rings (SSSR count). The minimum absolute atomic E-state index is 0.140. The highest BCUT2D eigenvalue weighted by Gasteiger charge is 2.38. The number of ether oxygens (including phenoxy) is 1. The number of amides is 1. The van der Waals surface area contributed by atoms with Gasteiger partial charge < -0.3 is 15.4 Å². The molecule has 2 aromatic carbocycles. The zero-order chi connectivity index (χ0) is 23.6. The maximum Gasteiger partial charge on any atom is 0.450 e. The number of nitrogens with zero attached hydrogens (tertiary/aromatic N) is 3. The monoisotopic (exact) mass is 455 g/mol. The Morgan fingerprint density at radius 3 is 2.45 bits per heavy atom. The van der Waals surface area contributed by atoms with E-state index in [1.54, 1.807) is 18.2 Å². The zero-order valence-electron chi connectivity index (χ0n) is 17.8. The van der Waals surface area contributed by atoms with E-state index >= 15 is 0 Å². The summed E-state index contributed by atoms with van der Waals surface area (Å²) in [5.41, 5.74) is 2.02. The maximum atomic E-state index is 13.7. The lowest BCUT2D eigenvalue weighted by Crippen LogP contribution is -2.15. The van der Waals surface area contributed by atoms with Crippen molar-refractivity contribution in [3.63, 3.8) is 0 Å². The van der Waals surface area contributed by atoms with E-state index < -0.39 is 12.0 Å². The average Bonchev–Trinajstić information content (AvgIpc) is 3.19. The van der Waals surface area contributed by atoms with Crippen LogP contribution in [-0.2, 0) is 12.7 Å². The van der Waals surface area contributed by atoms with Gasteiger partial charge in [0.15, 0.2) is 0 Å². The lowest BCUT2D eigenvalue weighted by molar-refractivity contribution is -0.145. The molecule has 2 N–H and O–H groups in total. The van der Waals surface area contributed by atoms with Crippen LogP contribution in [0.5, 0.6) is 5.75 Å². The number of aromatic nitrogens is 3. The highest BCUT2D eigenvalue weighted by molar-refractivity contribution is 6.03. The summed E-state index contributed by atoms with van der Waals surface area (Å²) in [6.45, 7) is 0.681. The molecule has 0 atom stereocenters. The molecule has 33 heavy (non-hydrogen) atoms. The van der Waals surface area contributed by atoms with Gasteiger partial charge >= 0.3 is 6.18 Å². The molecule has 1 amide bonds. The van der Waals surface area contributed by atoms with Crippen LogP contribution in [0.1, 0.15) is 21.7 Å². The van der Waals surface area contributed by atoms with Crippen molar-refractivity contribution in [1.82, 2.24) is 19.9 Å². The predicted octanol–water partition coefficient (Wildman–Crippen LogP) is 4.42. The smallest absolute Gasteiger partial charge is 0.450 e. The van der Waals surface area contributed by atoms with Crippen LogP contribution in [-0.4, -0.2) is 34.6 Å². The van der Waals surface area contributed by atoms with Crippen LogP contribution in [0.25, 0.3) is 16.7 Å². The summed E-state index contributed by atoms with van der Waals surface area (Å²) in [4.78, 5) is 20.4. The summed E-state index contributed by atoms with van der Waals surface area (Å²) >= 11 is 0. The largest absolute Gasteiger partial charge is 0.497 e. The number of nitrogens with one attached hydrogen (secondary N) is 2. The molecule has 0 spiro atoms. The molecule has 0 radical (unpaired) electrons. The van der Waals surface area contributed by atoms with Gasteiger partial charge in [-0.3, -0.25) is 9.36 Å². The van der Waals surface area contributed by atoms with Crippen molar-refractivity contribution in [1.29, 1.82) is 0 Å². The van der Waals surface area contributed by atoms with Crippen molar-refractivity contribution in [2.45, 2.75) is 12.7 Å². The molecule has 0 saturated heterocycles. The van der Waals surface area contributed by atoms with E-state index in [9.17, 15) is 18.0 Å². The first-order valence-corrected chi connectivity index (χ1v) is 9.95. The molecule has 0 aliphatic carbocycles. The van der Waals surface area contributed by atoms with Gasteiger partial charge in [0, 0.05) is 18.2 Å². The lowest BCUT2D eigenvalue weighted by atomic mass is 10.1. The lowest BCUT2D eigenvalue weighted by Gasteiger charge is -2.12. The third-order valence-electron chi connectivity index (χ3n) is 4.96. The van der Waals surface area contributed by atoms with Crippen molar-refractivity contribution in [3.8, 4) is 11.4 Å². The number of pyridine rings is 1. The van der Waals surface area contributed by atoms with Crippen LogP contribution in [0, 0.1) is 0 Å². The first-order valence-electron chi connectivity index (χ1n) is 9.95. The Bertz CT molecular complexity index is 1280. The second kappa shape index (κ2) is 8.91. The molecule has 4 aromatic rings. The van der Waals surface area contributed by atoms with Gasteiger partial charge in [-0.05, 0) is 49.0 Å². The van der Waals surface area contributed by atoms with Crippen molar-refractivity contribution in [2.75, 3.05) is 19.5 Å². The van der Waals surface area contributed by atoms with Gasteiger partial charge in [0.2, 0.25) is 5.82 Å². The van der Waals surface area contributed by atoms with Gasteiger partial charge in [0.05, 0.1) is 30.0 Å². The molecule has 0 saturated carbocycles. The first kappa shape index (κ1) is 22.3. The number of fused-ring (bicyclic) bond motifs is 1. The Kier molecular flexibility index (Phi) is 6.01. The number of carbonyl (C=O) groups is 1. The fourth-order valence-corrected chi connectivity index (χ4v) is 3.40. The van der Waals surface area contributed by atoms with E-state index in [2.05, 4.69) is 20.6 Å². The Morgan fingerprint density at radius 1 is 1.09 bits per heavy atom. The van der Waals surface area contributed by atoms with Crippen LogP contribution in [0.3, 0.4) is 0 Å². The second-order valence-electron chi connectivity index (χ2n) is 7.21. The van der Waals surface area contributed by atoms with Gasteiger partial charge in [-0.2, -0.15) is 13.2 Å². The third kappa shape index (κ3) is 4.65. The molecule has 0 aliphatic heterocycles. The summed E-state index contributed by atoms with van der Waals surface area (Å²) in [7, 11) is 3.26. The van der Waals surface area contributed by atoms with Gasteiger partial charge in [0.25, 0.3) is 5.91 Å². The minimum atomic E-state index is -4.68. The highest BCUT2D eigenvalue weighted by atomic mass is 19.4. The Balaban J connectivity index is 1.62. The number of alkyl halides is 3. The van der Waals surface area contributed by atoms with Crippen molar-refractivity contribution in [3.05, 3.63) is 77.7 Å². The summed E-state index contributed by atoms with van der Waals surface area (Å²) < 4.78 is 47.1. The van der Waals surface area contributed by atoms with Crippen molar-refractivity contribution in [2.24, 2.45) is 0 Å². The van der Waals surface area contributed by atoms with Gasteiger partial charge in [-0.25, -0.2) is 9.97 Å². The average molecular weight is 455 g/mol. The van der Waals surface area contributed by atoms with Gasteiger partial charge in [0.1, 0.15) is 11.6 Å². The van der Waals surface area contributed by atoms with Crippen LogP contribution in [0.15, 0.2) is 60.8 Å². The van der Waals surface area contributed by atoms with E-state index in [-0.39, 0.29) is 28.4 Å². The highest BCUT2D eigenvalue weighted by Crippen LogP contribution is 2.34. The van der Waals surface area contributed by atoms with Crippen molar-refractivity contribution < 1.29 is 22.7 Å². The van der Waals surface area contributed by atoms with Crippen LogP contribution in [0.2, 0.25) is 0 Å². The first-order chi connectivity index (χ1) is 15.8. The molecule has 7 nitrogen and oxygen atoms in total. The number of benzene rings is 2. The van der Waals surface area contributed by atoms with Gasteiger partial charge in [-0.15, -0.1) is 0 Å². The fraction of sp³-hybridized carbons (Fsp3) is 0.174. The number of hydrogen-bond donors (Lipinski definition) is 2. The SMILES string of the molecule is CNCc1ccc(C(=O)Nc2ccc(-n3c(C(F)(F)F)nc4cc(OC)ccc43)cn2)cc1. The van der Waals surface area contributed by atoms with E-state index in [1.807, 2.05) is 19.2 Å². The summed E-state index contributed by atoms with van der Waals surface area (Å²) in [5.74, 6) is -0.841. The number of imidazole rings is 1. The van der Waals surface area contributed by atoms with Crippen molar-refractivity contribution >= 4 is 22.8 Å². The third-order valence-corrected chi connectivity index (χ3v) is 4.96. The number of carbonyl (C=O) groups excluding carboxylic acids is 1. The topological polar surface area (TPSA) is 81.1 Å². The molecule has 10 heteroatoms. The Hall–Kier alpha value is -3.92. The maximum absolute atomic E-state index is 13.7. The van der Waals surface area contributed by atoms with Crippen LogP contribution in [0.4, 0.5) is 19.0 Å². The molecule has 170 valence electrons. The molecule has 0 unspecified atom stereocenters. The van der Waals surface area contributed by atoms with E-state index in [1.165, 1.54) is 37.6 Å². The number of methoxy groups -OCH3 is 1. The molecule has 0 fully saturated rings. The molecule has 2 heterocycles. The normalized spacial score (nSPS) is 11.5. The molecular weight excluding hydrogens is 435 g/mol. The predicted molar refractivity (Wildman–Crippen MR) is 118 cm³/mol. The zero-order valence-corrected chi connectivity index (χ0v) is 17.8. The fourth-order valence-electron chi connectivity index (χ4n) is 3.40. The summed E-state index contributed by atoms with van der Waals surface area (Å²) in [5, 5.41) is 5.68. The van der Waals surface area contributed by atoms with E-state index in [0.717, 1.165) is 10.1 Å². The van der Waals surface area contributed by atoms with Crippen LogP contribution < -0.4 is 15.4 Å². The molecule has 2 aromatic heterocycles. The summed E-state index contributed by atoms with van der Waals surface area (Å²) in [6.07, 6.45) is -3.43.